The highest BCUT2D eigenvalue weighted by atomic mass is 32.2. The first-order valence-electron chi connectivity index (χ1n) is 5.85. The van der Waals surface area contributed by atoms with Gasteiger partial charge in [-0.2, -0.15) is 5.26 Å². The van der Waals surface area contributed by atoms with Gasteiger partial charge in [-0.05, 0) is 18.2 Å². The molecule has 2 rings (SSSR count). The van der Waals surface area contributed by atoms with Crippen LogP contribution in [0.15, 0.2) is 46.5 Å². The van der Waals surface area contributed by atoms with Crippen LogP contribution in [-0.4, -0.2) is 18.3 Å². The maximum Gasteiger partial charge on any atom is 0.337 e. The lowest BCUT2D eigenvalue weighted by molar-refractivity contribution is -0.906. The van der Waals surface area contributed by atoms with Gasteiger partial charge in [-0.3, -0.25) is 5.21 Å². The molecule has 3 N–H and O–H groups in total. The van der Waals surface area contributed by atoms with Crippen molar-refractivity contribution in [1.29, 1.82) is 5.26 Å². The molecule has 0 atom stereocenters. The van der Waals surface area contributed by atoms with Gasteiger partial charge < -0.3 is 10.5 Å². The normalized spacial score (nSPS) is 9.90. The number of nitriles is 1. The predicted octanol–water partition coefficient (Wildman–Crippen LogP) is 1.60. The zero-order valence-electron chi connectivity index (χ0n) is 11.1. The number of nitrogens with zero attached hydrogens (tertiary/aromatic N) is 2. The highest BCUT2D eigenvalue weighted by Crippen LogP contribution is 2.33. The molecule has 0 aliphatic heterocycles. The van der Waals surface area contributed by atoms with Crippen LogP contribution in [0.1, 0.15) is 15.9 Å². The smallest absolute Gasteiger partial charge is 0.337 e. The molecule has 1 heterocycles. The van der Waals surface area contributed by atoms with Crippen LogP contribution in [0, 0.1) is 11.3 Å². The number of nitrogens with two attached hydrogens (primary N) is 1. The first-order chi connectivity index (χ1) is 10.0. The van der Waals surface area contributed by atoms with Gasteiger partial charge in [-0.1, -0.05) is 11.8 Å². The number of carbonyl (C=O) groups excluding carboxylic acids is 1. The van der Waals surface area contributed by atoms with Crippen molar-refractivity contribution < 1.29 is 19.5 Å². The van der Waals surface area contributed by atoms with Crippen LogP contribution in [0.3, 0.4) is 0 Å². The van der Waals surface area contributed by atoms with Gasteiger partial charge in [0.05, 0.1) is 23.1 Å². The maximum absolute atomic E-state index is 11.4. The van der Waals surface area contributed by atoms with Gasteiger partial charge in [-0.25, -0.2) is 4.79 Å². The van der Waals surface area contributed by atoms with Gasteiger partial charge >= 0.3 is 5.97 Å². The van der Waals surface area contributed by atoms with Gasteiger partial charge in [0, 0.05) is 21.4 Å². The summed E-state index contributed by atoms with van der Waals surface area (Å²) in [6.45, 7) is 0. The Kier molecular flexibility index (Phi) is 4.30. The summed E-state index contributed by atoms with van der Waals surface area (Å²) < 4.78 is 5.48. The zero-order valence-corrected chi connectivity index (χ0v) is 11.9. The number of pyridine rings is 1. The third-order valence-corrected chi connectivity index (χ3v) is 3.82. The van der Waals surface area contributed by atoms with E-state index in [2.05, 4.69) is 4.74 Å². The van der Waals surface area contributed by atoms with E-state index in [1.54, 1.807) is 12.1 Å². The van der Waals surface area contributed by atoms with Crippen molar-refractivity contribution >= 4 is 23.4 Å². The Bertz CT molecular complexity index is 741. The second-order valence-electron chi connectivity index (χ2n) is 4.06. The van der Waals surface area contributed by atoms with Gasteiger partial charge in [-0.15, -0.1) is 0 Å². The van der Waals surface area contributed by atoms with Gasteiger partial charge in [0.2, 0.25) is 12.4 Å². The lowest BCUT2D eigenvalue weighted by Gasteiger charge is -2.07. The SMILES string of the molecule is COC(=O)c1ccc(Sc2c[n+](O)ccc2C#N)c(N)c1. The monoisotopic (exact) mass is 302 g/mol. The lowest BCUT2D eigenvalue weighted by atomic mass is 10.2. The number of nitrogen functional groups attached to an aromatic ring is 1. The molecule has 7 heteroatoms. The van der Waals surface area contributed by atoms with E-state index in [1.165, 1.54) is 43.4 Å². The van der Waals surface area contributed by atoms with Crippen molar-refractivity contribution in [3.63, 3.8) is 0 Å². The molecule has 0 saturated heterocycles. The standard InChI is InChI=1S/C14H12N3O3S/c1-20-14(18)9-2-3-12(11(16)6-9)21-13-8-17(19)5-4-10(13)7-15/h2-6,8,19H,16H2,1H3/q+1. The number of rotatable bonds is 3. The van der Waals surface area contributed by atoms with Crippen molar-refractivity contribution in [1.82, 2.24) is 0 Å². The highest BCUT2D eigenvalue weighted by Gasteiger charge is 2.14. The van der Waals surface area contributed by atoms with Crippen LogP contribution in [0.25, 0.3) is 0 Å². The number of esters is 1. The fourth-order valence-corrected chi connectivity index (χ4v) is 2.58. The number of hydrogen-bond donors (Lipinski definition) is 2. The molecule has 2 aromatic rings. The molecule has 1 aromatic heterocycles. The predicted molar refractivity (Wildman–Crippen MR) is 74.9 cm³/mol. The Balaban J connectivity index is 2.35. The van der Waals surface area contributed by atoms with E-state index in [4.69, 9.17) is 11.0 Å². The van der Waals surface area contributed by atoms with Crippen LogP contribution in [-0.2, 0) is 4.74 Å². The average Bonchev–Trinajstić information content (AvgIpc) is 2.48. The molecular formula is C14H12N3O3S+. The largest absolute Gasteiger partial charge is 0.465 e. The van der Waals surface area contributed by atoms with Gasteiger partial charge in [0.15, 0.2) is 0 Å². The fraction of sp³-hybridized carbons (Fsp3) is 0.0714. The Morgan fingerprint density at radius 1 is 1.43 bits per heavy atom. The van der Waals surface area contributed by atoms with Crippen LogP contribution in [0.2, 0.25) is 0 Å². The van der Waals surface area contributed by atoms with E-state index in [0.717, 1.165) is 4.73 Å². The van der Waals surface area contributed by atoms with E-state index in [0.29, 0.717) is 26.6 Å². The Morgan fingerprint density at radius 2 is 2.19 bits per heavy atom. The third kappa shape index (κ3) is 3.24. The average molecular weight is 302 g/mol. The number of methoxy groups -OCH3 is 1. The van der Waals surface area contributed by atoms with E-state index < -0.39 is 5.97 Å². The fourth-order valence-electron chi connectivity index (χ4n) is 1.64. The number of carbonyl (C=O) groups is 1. The Labute approximate surface area is 125 Å². The summed E-state index contributed by atoms with van der Waals surface area (Å²) in [5.41, 5.74) is 7.07. The molecular weight excluding hydrogens is 290 g/mol. The minimum absolute atomic E-state index is 0.352. The summed E-state index contributed by atoms with van der Waals surface area (Å²) in [4.78, 5) is 12.6. The molecule has 0 spiro atoms. The van der Waals surface area contributed by atoms with E-state index in [9.17, 15) is 10.0 Å². The molecule has 0 aliphatic carbocycles. The van der Waals surface area contributed by atoms with Crippen molar-refractivity contribution in [3.8, 4) is 6.07 Å². The second kappa shape index (κ2) is 6.15. The number of ether oxygens (including phenoxy) is 1. The summed E-state index contributed by atoms with van der Waals surface area (Å²) in [6.07, 6.45) is 2.78. The topological polar surface area (TPSA) is 100 Å². The molecule has 0 saturated carbocycles. The van der Waals surface area contributed by atoms with Crippen LogP contribution < -0.4 is 10.5 Å². The highest BCUT2D eigenvalue weighted by molar-refractivity contribution is 7.99. The minimum Gasteiger partial charge on any atom is -0.465 e. The molecule has 21 heavy (non-hydrogen) atoms. The summed E-state index contributed by atoms with van der Waals surface area (Å²) in [7, 11) is 1.30. The third-order valence-electron chi connectivity index (χ3n) is 2.68. The number of hydrogen-bond acceptors (Lipinski definition) is 6. The molecule has 0 aliphatic rings. The number of benzene rings is 1. The van der Waals surface area contributed by atoms with E-state index in [-0.39, 0.29) is 0 Å². The van der Waals surface area contributed by atoms with E-state index in [1.807, 2.05) is 6.07 Å². The van der Waals surface area contributed by atoms with Gasteiger partial charge in [0.1, 0.15) is 6.07 Å². The first kappa shape index (κ1) is 14.7. The molecule has 1 aromatic carbocycles. The Morgan fingerprint density at radius 3 is 2.81 bits per heavy atom. The van der Waals surface area contributed by atoms with Crippen molar-refractivity contribution in [2.75, 3.05) is 12.8 Å². The summed E-state index contributed by atoms with van der Waals surface area (Å²) in [5.74, 6) is -0.469. The van der Waals surface area contributed by atoms with Crippen molar-refractivity contribution in [3.05, 3.63) is 47.8 Å². The quantitative estimate of drug-likeness (QED) is 0.386. The molecule has 0 radical (unpaired) electrons. The summed E-state index contributed by atoms with van der Waals surface area (Å²) in [5, 5.41) is 18.5. The van der Waals surface area contributed by atoms with Crippen molar-refractivity contribution in [2.45, 2.75) is 9.79 Å². The Hall–Kier alpha value is -2.72. The maximum atomic E-state index is 11.4. The molecule has 0 amide bonds. The molecule has 0 fully saturated rings. The summed E-state index contributed by atoms with van der Waals surface area (Å²) >= 11 is 1.23. The molecule has 106 valence electrons. The zero-order chi connectivity index (χ0) is 15.4. The van der Waals surface area contributed by atoms with Crippen LogP contribution in [0.4, 0.5) is 5.69 Å². The second-order valence-corrected chi connectivity index (χ2v) is 5.14. The lowest BCUT2D eigenvalue weighted by Crippen LogP contribution is -2.28. The van der Waals surface area contributed by atoms with Crippen molar-refractivity contribution in [2.24, 2.45) is 0 Å². The molecule has 6 nitrogen and oxygen atoms in total. The van der Waals surface area contributed by atoms with E-state index >= 15 is 0 Å². The van der Waals surface area contributed by atoms with Crippen LogP contribution in [0.5, 0.6) is 0 Å². The number of aromatic nitrogens is 1. The minimum atomic E-state index is -0.469. The summed E-state index contributed by atoms with van der Waals surface area (Å²) in [6, 6.07) is 8.31. The van der Waals surface area contributed by atoms with Crippen LogP contribution >= 0.6 is 11.8 Å². The van der Waals surface area contributed by atoms with Gasteiger partial charge in [0.25, 0.3) is 0 Å². The first-order valence-corrected chi connectivity index (χ1v) is 6.67. The number of anilines is 1. The molecule has 0 unspecified atom stereocenters. The molecule has 0 bridgehead atoms.